The van der Waals surface area contributed by atoms with Crippen molar-refractivity contribution in [2.45, 2.75) is 66.0 Å². The van der Waals surface area contributed by atoms with Crippen molar-refractivity contribution < 1.29 is 4.79 Å². The molecular formula is C29H34N4O2S2. The van der Waals surface area contributed by atoms with E-state index in [4.69, 9.17) is 12.2 Å². The van der Waals surface area contributed by atoms with Crippen molar-refractivity contribution in [2.75, 3.05) is 18.0 Å². The molecule has 0 radical (unpaired) electrons. The van der Waals surface area contributed by atoms with Crippen LogP contribution in [-0.2, 0) is 17.8 Å². The normalized spacial score (nSPS) is 17.8. The molecule has 0 aliphatic carbocycles. The first-order valence-electron chi connectivity index (χ1n) is 13.0. The van der Waals surface area contributed by atoms with E-state index in [0.29, 0.717) is 27.3 Å². The van der Waals surface area contributed by atoms with Crippen LogP contribution >= 0.6 is 24.0 Å². The average molecular weight is 535 g/mol. The van der Waals surface area contributed by atoms with E-state index in [2.05, 4.69) is 35.2 Å². The fourth-order valence-corrected chi connectivity index (χ4v) is 6.77. The van der Waals surface area contributed by atoms with Crippen LogP contribution in [-0.4, -0.2) is 38.8 Å². The maximum Gasteiger partial charge on any atom is 0.270 e. The second kappa shape index (κ2) is 11.7. The van der Waals surface area contributed by atoms with Crippen LogP contribution in [0.15, 0.2) is 40.0 Å². The first-order valence-corrected chi connectivity index (χ1v) is 14.2. The molecule has 1 aromatic carbocycles. The van der Waals surface area contributed by atoms with E-state index in [-0.39, 0.29) is 23.1 Å². The summed E-state index contributed by atoms with van der Waals surface area (Å²) in [5, 5.41) is 9.86. The minimum Gasteiger partial charge on any atom is -0.357 e. The van der Waals surface area contributed by atoms with E-state index in [1.807, 2.05) is 39.8 Å². The molecule has 0 N–H and O–H groups in total. The van der Waals surface area contributed by atoms with Gasteiger partial charge in [0.2, 0.25) is 0 Å². The predicted molar refractivity (Wildman–Crippen MR) is 156 cm³/mol. The summed E-state index contributed by atoms with van der Waals surface area (Å²) in [7, 11) is 0. The molecule has 1 aromatic heterocycles. The molecule has 0 bridgehead atoms. The molecule has 0 spiro atoms. The smallest absolute Gasteiger partial charge is 0.270 e. The number of nitrogens with zero attached hydrogens (tertiary/aromatic N) is 4. The third-order valence-electron chi connectivity index (χ3n) is 7.19. The first-order chi connectivity index (χ1) is 17.8. The molecule has 2 aliphatic heterocycles. The molecule has 194 valence electrons. The molecule has 2 aromatic rings. The number of carbonyl (C=O) groups excluding carboxylic acids is 1. The fraction of sp³-hybridized carbons (Fsp3) is 0.448. The number of hydrogen-bond acceptors (Lipinski definition) is 6. The van der Waals surface area contributed by atoms with Crippen molar-refractivity contribution in [3.8, 4) is 6.07 Å². The molecule has 37 heavy (non-hydrogen) atoms. The topological polar surface area (TPSA) is 69.3 Å². The molecule has 6 nitrogen and oxygen atoms in total. The van der Waals surface area contributed by atoms with E-state index in [0.717, 1.165) is 50.2 Å². The second-order valence-corrected chi connectivity index (χ2v) is 11.7. The van der Waals surface area contributed by atoms with Crippen molar-refractivity contribution in [2.24, 2.45) is 5.92 Å². The molecule has 8 heteroatoms. The molecule has 1 amide bonds. The molecule has 2 saturated heterocycles. The van der Waals surface area contributed by atoms with Crippen molar-refractivity contribution in [3.05, 3.63) is 67.8 Å². The summed E-state index contributed by atoms with van der Waals surface area (Å²) < 4.78 is 2.28. The van der Waals surface area contributed by atoms with E-state index in [9.17, 15) is 14.9 Å². The summed E-state index contributed by atoms with van der Waals surface area (Å²) in [5.41, 5.74) is 2.63. The van der Waals surface area contributed by atoms with Crippen LogP contribution in [0.2, 0.25) is 0 Å². The number of nitriles is 1. The van der Waals surface area contributed by atoms with Crippen molar-refractivity contribution >= 4 is 46.1 Å². The number of anilines is 1. The van der Waals surface area contributed by atoms with Gasteiger partial charge in [-0.2, -0.15) is 5.26 Å². The number of rotatable bonds is 7. The van der Waals surface area contributed by atoms with Gasteiger partial charge >= 0.3 is 0 Å². The Labute approximate surface area is 229 Å². The highest BCUT2D eigenvalue weighted by molar-refractivity contribution is 8.26. The minimum absolute atomic E-state index is 0.0358. The standard InChI is InChI=1S/C29H34N4O2S2/c1-5-13-32-26(31-14-11-22(12-15-31)16-21-9-7-6-8-10-21)23(20(4)24(18-30)27(32)34)17-25-28(35)33(19(2)3)29(36)37-25/h6-10,17,19,22H,5,11-16H2,1-4H3/b25-17+. The third-order valence-corrected chi connectivity index (χ3v) is 8.52. The molecule has 2 aliphatic rings. The number of pyridine rings is 1. The highest BCUT2D eigenvalue weighted by atomic mass is 32.2. The number of hydrogen-bond donors (Lipinski definition) is 0. The minimum atomic E-state index is -0.255. The number of thioether (sulfide) groups is 1. The van der Waals surface area contributed by atoms with Crippen molar-refractivity contribution in [3.63, 3.8) is 0 Å². The van der Waals surface area contributed by atoms with Gasteiger partial charge in [-0.25, -0.2) is 0 Å². The van der Waals surface area contributed by atoms with Gasteiger partial charge in [-0.05, 0) is 69.6 Å². The molecule has 2 fully saturated rings. The van der Waals surface area contributed by atoms with Crippen LogP contribution in [0.5, 0.6) is 0 Å². The van der Waals surface area contributed by atoms with Crippen LogP contribution in [0.25, 0.3) is 6.08 Å². The number of aromatic nitrogens is 1. The lowest BCUT2D eigenvalue weighted by atomic mass is 9.90. The predicted octanol–water partition coefficient (Wildman–Crippen LogP) is 5.51. The Morgan fingerprint density at radius 1 is 1.19 bits per heavy atom. The zero-order chi connectivity index (χ0) is 26.7. The fourth-order valence-electron chi connectivity index (χ4n) is 5.27. The molecule has 3 heterocycles. The number of thiocarbonyl (C=S) groups is 1. The average Bonchev–Trinajstić information content (AvgIpc) is 3.16. The summed E-state index contributed by atoms with van der Waals surface area (Å²) in [6.07, 6.45) is 5.70. The molecule has 0 saturated carbocycles. The lowest BCUT2D eigenvalue weighted by Gasteiger charge is -2.36. The quantitative estimate of drug-likeness (QED) is 0.345. The Morgan fingerprint density at radius 2 is 1.86 bits per heavy atom. The maximum atomic E-state index is 13.4. The van der Waals surface area contributed by atoms with Gasteiger partial charge in [0.25, 0.3) is 11.5 Å². The van der Waals surface area contributed by atoms with Crippen molar-refractivity contribution in [1.82, 2.24) is 9.47 Å². The zero-order valence-corrected chi connectivity index (χ0v) is 23.6. The number of amides is 1. The van der Waals surface area contributed by atoms with Gasteiger partial charge in [-0.15, -0.1) is 0 Å². The molecule has 0 atom stereocenters. The number of piperidine rings is 1. The number of carbonyl (C=O) groups is 1. The SMILES string of the molecule is CCCn1c(N2CCC(Cc3ccccc3)CC2)c(/C=C2/SC(=S)N(C(C)C)C2=O)c(C)c(C#N)c1=O. The van der Waals surface area contributed by atoms with E-state index >= 15 is 0 Å². The summed E-state index contributed by atoms with van der Waals surface area (Å²) in [6.45, 7) is 9.89. The summed E-state index contributed by atoms with van der Waals surface area (Å²) in [6, 6.07) is 12.7. The zero-order valence-electron chi connectivity index (χ0n) is 22.0. The van der Waals surface area contributed by atoms with E-state index in [1.54, 1.807) is 9.47 Å². The summed E-state index contributed by atoms with van der Waals surface area (Å²) in [4.78, 5) is 31.1. The van der Waals surface area contributed by atoms with Gasteiger partial charge in [0.1, 0.15) is 21.8 Å². The summed E-state index contributed by atoms with van der Waals surface area (Å²) >= 11 is 6.78. The van der Waals surface area contributed by atoms with Gasteiger partial charge < -0.3 is 4.90 Å². The van der Waals surface area contributed by atoms with Crippen LogP contribution in [0.1, 0.15) is 62.3 Å². The molecular weight excluding hydrogens is 500 g/mol. The van der Waals surface area contributed by atoms with Crippen LogP contribution in [0.3, 0.4) is 0 Å². The Morgan fingerprint density at radius 3 is 2.43 bits per heavy atom. The lowest BCUT2D eigenvalue weighted by molar-refractivity contribution is -0.123. The largest absolute Gasteiger partial charge is 0.357 e. The third kappa shape index (κ3) is 5.53. The van der Waals surface area contributed by atoms with Crippen LogP contribution < -0.4 is 10.5 Å². The maximum absolute atomic E-state index is 13.4. The lowest BCUT2D eigenvalue weighted by Crippen LogP contribution is -2.40. The van der Waals surface area contributed by atoms with E-state index < -0.39 is 0 Å². The summed E-state index contributed by atoms with van der Waals surface area (Å²) in [5.74, 6) is 1.27. The number of benzene rings is 1. The second-order valence-electron chi connectivity index (χ2n) is 10.1. The van der Waals surface area contributed by atoms with Crippen molar-refractivity contribution in [1.29, 1.82) is 5.26 Å². The van der Waals surface area contributed by atoms with Gasteiger partial charge in [0.05, 0.1) is 4.91 Å². The van der Waals surface area contributed by atoms with Crippen LogP contribution in [0.4, 0.5) is 5.82 Å². The molecule has 4 rings (SSSR count). The first kappa shape index (κ1) is 27.2. The Hall–Kier alpha value is -2.89. The van der Waals surface area contributed by atoms with Gasteiger partial charge in [0.15, 0.2) is 0 Å². The van der Waals surface area contributed by atoms with E-state index in [1.165, 1.54) is 17.3 Å². The van der Waals surface area contributed by atoms with Gasteiger partial charge in [-0.1, -0.05) is 61.2 Å². The van der Waals surface area contributed by atoms with Crippen LogP contribution in [0, 0.1) is 24.2 Å². The highest BCUT2D eigenvalue weighted by Gasteiger charge is 2.35. The van der Waals surface area contributed by atoms with Gasteiger partial charge in [-0.3, -0.25) is 19.1 Å². The Kier molecular flexibility index (Phi) is 8.56. The monoisotopic (exact) mass is 534 g/mol. The molecule has 0 unspecified atom stereocenters. The highest BCUT2D eigenvalue weighted by Crippen LogP contribution is 2.37. The Balaban J connectivity index is 1.75. The Bertz CT molecular complexity index is 1320. The van der Waals surface area contributed by atoms with Gasteiger partial charge in [0, 0.05) is 31.2 Å².